The van der Waals surface area contributed by atoms with E-state index < -0.39 is 10.0 Å². The Morgan fingerprint density at radius 1 is 1.52 bits per heavy atom. The standard InChI is InChI=1S/C11H15N5O3S2/c1-7-10(8-3-4-19-6-8)13-11(20-7)15-21(17,18)9-5-12-16(2)14-9/h5,8H,3-4,6H2,1-2H3,(H,13,15). The van der Waals surface area contributed by atoms with Crippen LogP contribution in [-0.2, 0) is 21.8 Å². The van der Waals surface area contributed by atoms with Crippen LogP contribution in [0.25, 0.3) is 0 Å². The molecule has 114 valence electrons. The second kappa shape index (κ2) is 5.35. The van der Waals surface area contributed by atoms with Gasteiger partial charge in [-0.2, -0.15) is 18.3 Å². The average Bonchev–Trinajstić information content (AvgIpc) is 3.09. The maximum atomic E-state index is 12.2. The van der Waals surface area contributed by atoms with Crippen molar-refractivity contribution in [3.05, 3.63) is 16.8 Å². The minimum atomic E-state index is -3.75. The summed E-state index contributed by atoms with van der Waals surface area (Å²) in [5.74, 6) is 0.246. The van der Waals surface area contributed by atoms with Crippen molar-refractivity contribution in [3.8, 4) is 0 Å². The van der Waals surface area contributed by atoms with Crippen molar-refractivity contribution in [3.63, 3.8) is 0 Å². The minimum absolute atomic E-state index is 0.122. The van der Waals surface area contributed by atoms with Crippen molar-refractivity contribution >= 4 is 26.5 Å². The molecule has 1 aliphatic heterocycles. The van der Waals surface area contributed by atoms with Gasteiger partial charge in [0.2, 0.25) is 5.03 Å². The molecule has 0 aromatic carbocycles. The Balaban J connectivity index is 1.83. The summed E-state index contributed by atoms with van der Waals surface area (Å²) in [5.41, 5.74) is 0.911. The van der Waals surface area contributed by atoms with E-state index in [1.165, 1.54) is 22.3 Å². The minimum Gasteiger partial charge on any atom is -0.381 e. The van der Waals surface area contributed by atoms with Crippen molar-refractivity contribution in [1.29, 1.82) is 0 Å². The number of anilines is 1. The van der Waals surface area contributed by atoms with Gasteiger partial charge in [0.1, 0.15) is 0 Å². The number of rotatable bonds is 4. The molecule has 1 saturated heterocycles. The average molecular weight is 329 g/mol. The fraction of sp³-hybridized carbons (Fsp3) is 0.545. The molecule has 2 aromatic heterocycles. The van der Waals surface area contributed by atoms with Gasteiger partial charge in [-0.25, -0.2) is 4.98 Å². The van der Waals surface area contributed by atoms with E-state index in [0.717, 1.165) is 23.6 Å². The van der Waals surface area contributed by atoms with Crippen LogP contribution in [0.5, 0.6) is 0 Å². The van der Waals surface area contributed by atoms with Crippen LogP contribution in [0.2, 0.25) is 0 Å². The largest absolute Gasteiger partial charge is 0.381 e. The summed E-state index contributed by atoms with van der Waals surface area (Å²) in [4.78, 5) is 6.60. The van der Waals surface area contributed by atoms with Gasteiger partial charge in [-0.05, 0) is 13.3 Å². The molecule has 0 amide bonds. The smallest absolute Gasteiger partial charge is 0.284 e. The predicted molar refractivity (Wildman–Crippen MR) is 76.8 cm³/mol. The molecular formula is C11H15N5O3S2. The highest BCUT2D eigenvalue weighted by Gasteiger charge is 2.25. The molecule has 2 aromatic rings. The maximum absolute atomic E-state index is 12.2. The van der Waals surface area contributed by atoms with Gasteiger partial charge < -0.3 is 4.74 Å². The third-order valence-electron chi connectivity index (χ3n) is 3.22. The highest BCUT2D eigenvalue weighted by molar-refractivity contribution is 7.92. The van der Waals surface area contributed by atoms with E-state index in [4.69, 9.17) is 4.74 Å². The van der Waals surface area contributed by atoms with E-state index >= 15 is 0 Å². The number of hydrogen-bond donors (Lipinski definition) is 1. The van der Waals surface area contributed by atoms with Crippen LogP contribution in [0.15, 0.2) is 11.2 Å². The van der Waals surface area contributed by atoms with Crippen LogP contribution in [0.4, 0.5) is 5.13 Å². The predicted octanol–water partition coefficient (Wildman–Crippen LogP) is 0.885. The Labute approximate surface area is 126 Å². The lowest BCUT2D eigenvalue weighted by atomic mass is 10.0. The zero-order chi connectivity index (χ0) is 15.0. The summed E-state index contributed by atoms with van der Waals surface area (Å²) < 4.78 is 32.2. The second-order valence-corrected chi connectivity index (χ2v) is 7.63. The second-order valence-electron chi connectivity index (χ2n) is 4.80. The Kier molecular flexibility index (Phi) is 3.68. The van der Waals surface area contributed by atoms with Crippen molar-refractivity contribution < 1.29 is 13.2 Å². The van der Waals surface area contributed by atoms with E-state index in [2.05, 4.69) is 19.9 Å². The molecule has 1 N–H and O–H groups in total. The fourth-order valence-corrected chi connectivity index (χ4v) is 4.24. The normalized spacial score (nSPS) is 19.0. The van der Waals surface area contributed by atoms with Gasteiger partial charge in [0, 0.05) is 24.4 Å². The van der Waals surface area contributed by atoms with Crippen LogP contribution < -0.4 is 4.72 Å². The molecule has 0 saturated carbocycles. The first-order valence-corrected chi connectivity index (χ1v) is 8.70. The van der Waals surface area contributed by atoms with E-state index in [0.29, 0.717) is 11.7 Å². The first-order valence-electron chi connectivity index (χ1n) is 6.40. The summed E-state index contributed by atoms with van der Waals surface area (Å²) >= 11 is 1.32. The third kappa shape index (κ3) is 2.92. The molecule has 3 rings (SSSR count). The number of hydrogen-bond acceptors (Lipinski definition) is 7. The lowest BCUT2D eigenvalue weighted by molar-refractivity contribution is 0.193. The fourth-order valence-electron chi connectivity index (χ4n) is 2.20. The van der Waals surface area contributed by atoms with Gasteiger partial charge in [0.15, 0.2) is 5.13 Å². The number of aryl methyl sites for hydroxylation is 2. The third-order valence-corrected chi connectivity index (χ3v) is 5.46. The zero-order valence-electron chi connectivity index (χ0n) is 11.6. The topological polar surface area (TPSA) is 99.0 Å². The number of sulfonamides is 1. The summed E-state index contributed by atoms with van der Waals surface area (Å²) in [6.45, 7) is 3.30. The highest BCUT2D eigenvalue weighted by Crippen LogP contribution is 2.33. The molecule has 0 spiro atoms. The first kappa shape index (κ1) is 14.4. The highest BCUT2D eigenvalue weighted by atomic mass is 32.2. The van der Waals surface area contributed by atoms with Gasteiger partial charge in [-0.1, -0.05) is 0 Å². The van der Waals surface area contributed by atoms with Gasteiger partial charge in [-0.3, -0.25) is 4.72 Å². The summed E-state index contributed by atoms with van der Waals surface area (Å²) in [5, 5.41) is 7.79. The number of thiazole rings is 1. The number of aromatic nitrogens is 4. The van der Waals surface area contributed by atoms with Crippen molar-refractivity contribution in [2.75, 3.05) is 17.9 Å². The molecule has 1 unspecified atom stereocenters. The molecular weight excluding hydrogens is 314 g/mol. The molecule has 0 bridgehead atoms. The maximum Gasteiger partial charge on any atom is 0.284 e. The molecule has 8 nitrogen and oxygen atoms in total. The number of nitrogens with one attached hydrogen (secondary N) is 1. The van der Waals surface area contributed by atoms with Crippen LogP contribution in [0.1, 0.15) is 22.9 Å². The van der Waals surface area contributed by atoms with Crippen LogP contribution in [0.3, 0.4) is 0 Å². The Morgan fingerprint density at radius 2 is 2.33 bits per heavy atom. The van der Waals surface area contributed by atoms with Crippen LogP contribution in [0, 0.1) is 6.92 Å². The van der Waals surface area contributed by atoms with Crippen LogP contribution in [-0.4, -0.2) is 41.6 Å². The molecule has 10 heteroatoms. The number of ether oxygens (including phenoxy) is 1. The van der Waals surface area contributed by atoms with Crippen LogP contribution >= 0.6 is 11.3 Å². The van der Waals surface area contributed by atoms with Gasteiger partial charge in [0.05, 0.1) is 18.5 Å². The quantitative estimate of drug-likeness (QED) is 0.894. The monoisotopic (exact) mass is 329 g/mol. The summed E-state index contributed by atoms with van der Waals surface area (Å²) in [7, 11) is -2.19. The Bertz CT molecular complexity index is 746. The van der Waals surface area contributed by atoms with Crippen molar-refractivity contribution in [2.45, 2.75) is 24.3 Å². The van der Waals surface area contributed by atoms with Crippen molar-refractivity contribution in [1.82, 2.24) is 20.0 Å². The van der Waals surface area contributed by atoms with Gasteiger partial charge in [-0.15, -0.1) is 16.4 Å². The lowest BCUT2D eigenvalue weighted by Crippen LogP contribution is -2.14. The molecule has 1 aliphatic rings. The van der Waals surface area contributed by atoms with E-state index in [-0.39, 0.29) is 10.9 Å². The zero-order valence-corrected chi connectivity index (χ0v) is 13.2. The van der Waals surface area contributed by atoms with E-state index in [1.807, 2.05) is 6.92 Å². The number of nitrogens with zero attached hydrogens (tertiary/aromatic N) is 4. The Morgan fingerprint density at radius 3 is 2.95 bits per heavy atom. The molecule has 21 heavy (non-hydrogen) atoms. The van der Waals surface area contributed by atoms with Crippen molar-refractivity contribution in [2.24, 2.45) is 7.05 Å². The molecule has 0 aliphatic carbocycles. The molecule has 0 radical (unpaired) electrons. The SMILES string of the molecule is Cc1sc(NS(=O)(=O)c2cnn(C)n2)nc1C1CCOC1. The summed E-state index contributed by atoms with van der Waals surface area (Å²) in [6, 6.07) is 0. The first-order chi connectivity index (χ1) is 9.95. The molecule has 1 fully saturated rings. The van der Waals surface area contributed by atoms with Gasteiger partial charge in [0.25, 0.3) is 10.0 Å². The Hall–Kier alpha value is -1.52. The lowest BCUT2D eigenvalue weighted by Gasteiger charge is -2.04. The van der Waals surface area contributed by atoms with Gasteiger partial charge >= 0.3 is 0 Å². The summed E-state index contributed by atoms with van der Waals surface area (Å²) in [6.07, 6.45) is 2.12. The van der Waals surface area contributed by atoms with E-state index in [1.54, 1.807) is 7.05 Å². The van der Waals surface area contributed by atoms with E-state index in [9.17, 15) is 8.42 Å². The molecule has 3 heterocycles. The molecule has 1 atom stereocenters.